The second-order valence-electron chi connectivity index (χ2n) is 4.42. The van der Waals surface area contributed by atoms with Crippen LogP contribution >= 0.6 is 11.6 Å². The van der Waals surface area contributed by atoms with Crippen LogP contribution in [0.2, 0.25) is 5.02 Å². The number of aromatic nitrogens is 2. The molecule has 2 aromatic rings. The van der Waals surface area contributed by atoms with Gasteiger partial charge in [-0.05, 0) is 11.6 Å². The second kappa shape index (κ2) is 7.51. The molecule has 0 bridgehead atoms. The van der Waals surface area contributed by atoms with E-state index in [2.05, 4.69) is 20.0 Å². The Kier molecular flexibility index (Phi) is 5.43. The summed E-state index contributed by atoms with van der Waals surface area (Å²) in [6, 6.07) is 6.37. The molecular weight excluding hydrogens is 306 g/mol. The van der Waals surface area contributed by atoms with Crippen molar-refractivity contribution in [2.45, 2.75) is 12.5 Å². The van der Waals surface area contributed by atoms with Gasteiger partial charge in [-0.2, -0.15) is 0 Å². The van der Waals surface area contributed by atoms with Crippen molar-refractivity contribution in [1.82, 2.24) is 15.3 Å². The molecule has 1 amide bonds. The second-order valence-corrected chi connectivity index (χ2v) is 4.83. The number of methoxy groups -OCH3 is 1. The van der Waals surface area contributed by atoms with Gasteiger partial charge in [0.1, 0.15) is 5.69 Å². The van der Waals surface area contributed by atoms with Crippen molar-refractivity contribution in [3.63, 3.8) is 0 Å². The van der Waals surface area contributed by atoms with E-state index in [1.165, 1.54) is 25.7 Å². The fourth-order valence-electron chi connectivity index (χ4n) is 1.89. The Morgan fingerprint density at radius 3 is 2.73 bits per heavy atom. The van der Waals surface area contributed by atoms with Crippen molar-refractivity contribution in [1.29, 1.82) is 0 Å². The third kappa shape index (κ3) is 4.02. The first-order chi connectivity index (χ1) is 10.6. The molecule has 0 aliphatic heterocycles. The fourth-order valence-corrected chi connectivity index (χ4v) is 2.16. The number of carbonyl (C=O) groups is 2. The zero-order chi connectivity index (χ0) is 15.9. The smallest absolute Gasteiger partial charge is 0.307 e. The van der Waals surface area contributed by atoms with E-state index in [1.54, 1.807) is 24.3 Å². The Bertz CT molecular complexity index is 664. The van der Waals surface area contributed by atoms with E-state index >= 15 is 0 Å². The predicted molar refractivity (Wildman–Crippen MR) is 80.3 cm³/mol. The Morgan fingerprint density at radius 2 is 2.09 bits per heavy atom. The first-order valence-corrected chi connectivity index (χ1v) is 6.87. The molecule has 1 N–H and O–H groups in total. The number of nitrogens with zero attached hydrogens (tertiary/aromatic N) is 2. The van der Waals surface area contributed by atoms with E-state index in [1.807, 2.05) is 0 Å². The average Bonchev–Trinajstić information content (AvgIpc) is 2.55. The van der Waals surface area contributed by atoms with Gasteiger partial charge in [0, 0.05) is 17.4 Å². The molecule has 22 heavy (non-hydrogen) atoms. The molecule has 1 aromatic carbocycles. The van der Waals surface area contributed by atoms with E-state index < -0.39 is 17.9 Å². The zero-order valence-corrected chi connectivity index (χ0v) is 12.6. The minimum atomic E-state index is -0.615. The van der Waals surface area contributed by atoms with Crippen molar-refractivity contribution < 1.29 is 14.3 Å². The van der Waals surface area contributed by atoms with Crippen molar-refractivity contribution in [3.05, 3.63) is 59.1 Å². The molecule has 114 valence electrons. The molecule has 7 heteroatoms. The van der Waals surface area contributed by atoms with Crippen molar-refractivity contribution in [3.8, 4) is 0 Å². The van der Waals surface area contributed by atoms with Crippen molar-refractivity contribution in [2.75, 3.05) is 7.11 Å². The highest BCUT2D eigenvalue weighted by Crippen LogP contribution is 2.25. The van der Waals surface area contributed by atoms with Gasteiger partial charge in [-0.1, -0.05) is 29.8 Å². The number of amides is 1. The third-order valence-corrected chi connectivity index (χ3v) is 3.32. The monoisotopic (exact) mass is 319 g/mol. The highest BCUT2D eigenvalue weighted by atomic mass is 35.5. The zero-order valence-electron chi connectivity index (χ0n) is 11.8. The number of esters is 1. The molecule has 2 rings (SSSR count). The van der Waals surface area contributed by atoms with E-state index in [4.69, 9.17) is 11.6 Å². The van der Waals surface area contributed by atoms with Gasteiger partial charge in [0.05, 0.1) is 25.8 Å². The predicted octanol–water partition coefficient (Wildman–Crippen LogP) is 2.16. The van der Waals surface area contributed by atoms with Crippen LogP contribution in [0, 0.1) is 0 Å². The highest BCUT2D eigenvalue weighted by molar-refractivity contribution is 6.31. The van der Waals surface area contributed by atoms with Gasteiger partial charge in [-0.3, -0.25) is 14.6 Å². The van der Waals surface area contributed by atoms with Crippen LogP contribution in [0.25, 0.3) is 0 Å². The number of benzene rings is 1. The molecule has 0 radical (unpaired) electrons. The average molecular weight is 320 g/mol. The molecule has 1 atom stereocenters. The molecule has 6 nitrogen and oxygen atoms in total. The molecule has 1 heterocycles. The molecule has 1 aromatic heterocycles. The van der Waals surface area contributed by atoms with Gasteiger partial charge in [0.2, 0.25) is 0 Å². The van der Waals surface area contributed by atoms with Gasteiger partial charge in [0.25, 0.3) is 5.91 Å². The lowest BCUT2D eigenvalue weighted by Gasteiger charge is -2.19. The van der Waals surface area contributed by atoms with Gasteiger partial charge in [-0.15, -0.1) is 0 Å². The Morgan fingerprint density at radius 1 is 1.32 bits per heavy atom. The number of rotatable bonds is 5. The maximum Gasteiger partial charge on any atom is 0.307 e. The summed E-state index contributed by atoms with van der Waals surface area (Å²) >= 11 is 6.14. The maximum atomic E-state index is 12.2. The van der Waals surface area contributed by atoms with Crippen molar-refractivity contribution >= 4 is 23.5 Å². The maximum absolute atomic E-state index is 12.2. The molecule has 0 aliphatic rings. The molecule has 0 saturated heterocycles. The largest absolute Gasteiger partial charge is 0.469 e. The summed E-state index contributed by atoms with van der Waals surface area (Å²) in [6.07, 6.45) is 4.19. The van der Waals surface area contributed by atoms with Crippen LogP contribution < -0.4 is 5.32 Å². The molecule has 0 aliphatic carbocycles. The summed E-state index contributed by atoms with van der Waals surface area (Å²) in [6.45, 7) is 0. The molecule has 0 spiro atoms. The SMILES string of the molecule is COC(=O)C[C@@H](NC(=O)c1cnccn1)c1ccccc1Cl. The van der Waals surface area contributed by atoms with Crippen LogP contribution in [0.3, 0.4) is 0 Å². The number of carbonyl (C=O) groups excluding carboxylic acids is 2. The fraction of sp³-hybridized carbons (Fsp3) is 0.200. The lowest BCUT2D eigenvalue weighted by atomic mass is 10.0. The number of nitrogens with one attached hydrogen (secondary N) is 1. The van der Waals surface area contributed by atoms with Gasteiger partial charge >= 0.3 is 5.97 Å². The van der Waals surface area contributed by atoms with Crippen molar-refractivity contribution in [2.24, 2.45) is 0 Å². The van der Waals surface area contributed by atoms with E-state index in [9.17, 15) is 9.59 Å². The van der Waals surface area contributed by atoms with Crippen LogP contribution in [0.4, 0.5) is 0 Å². The van der Waals surface area contributed by atoms with Gasteiger partial charge < -0.3 is 10.1 Å². The molecule has 0 fully saturated rings. The van der Waals surface area contributed by atoms with Gasteiger partial charge in [0.15, 0.2) is 0 Å². The standard InChI is InChI=1S/C15H14ClN3O3/c1-22-14(20)8-12(10-4-2-3-5-11(10)16)19-15(21)13-9-17-6-7-18-13/h2-7,9,12H,8H2,1H3,(H,19,21)/t12-/m1/s1. The summed E-state index contributed by atoms with van der Waals surface area (Å²) in [4.78, 5) is 31.5. The van der Waals surface area contributed by atoms with E-state index in [0.717, 1.165) is 0 Å². The molecule has 0 unspecified atom stereocenters. The Hall–Kier alpha value is -2.47. The van der Waals surface area contributed by atoms with Crippen LogP contribution in [0.15, 0.2) is 42.9 Å². The summed E-state index contributed by atoms with van der Waals surface area (Å²) in [7, 11) is 1.29. The van der Waals surface area contributed by atoms with Crippen LogP contribution in [-0.4, -0.2) is 29.0 Å². The Labute approximate surface area is 132 Å². The first-order valence-electron chi connectivity index (χ1n) is 6.50. The summed E-state index contributed by atoms with van der Waals surface area (Å²) in [5, 5.41) is 3.18. The summed E-state index contributed by atoms with van der Waals surface area (Å²) < 4.78 is 4.67. The number of halogens is 1. The minimum absolute atomic E-state index is 0.0355. The quantitative estimate of drug-likeness (QED) is 0.854. The van der Waals surface area contributed by atoms with E-state index in [-0.39, 0.29) is 12.1 Å². The van der Waals surface area contributed by atoms with Crippen LogP contribution in [-0.2, 0) is 9.53 Å². The Balaban J connectivity index is 2.23. The first kappa shape index (κ1) is 15.9. The number of hydrogen-bond acceptors (Lipinski definition) is 5. The normalized spacial score (nSPS) is 11.5. The number of hydrogen-bond donors (Lipinski definition) is 1. The third-order valence-electron chi connectivity index (χ3n) is 2.98. The lowest BCUT2D eigenvalue weighted by molar-refractivity contribution is -0.141. The summed E-state index contributed by atoms with van der Waals surface area (Å²) in [5.74, 6) is -0.897. The van der Waals surface area contributed by atoms with Crippen LogP contribution in [0.5, 0.6) is 0 Å². The lowest BCUT2D eigenvalue weighted by Crippen LogP contribution is -2.31. The molecule has 0 saturated carbocycles. The molecular formula is C15H14ClN3O3. The summed E-state index contributed by atoms with van der Waals surface area (Å²) in [5.41, 5.74) is 0.788. The highest BCUT2D eigenvalue weighted by Gasteiger charge is 2.22. The van der Waals surface area contributed by atoms with Crippen LogP contribution in [0.1, 0.15) is 28.5 Å². The number of ether oxygens (including phenoxy) is 1. The topological polar surface area (TPSA) is 81.2 Å². The minimum Gasteiger partial charge on any atom is -0.469 e. The van der Waals surface area contributed by atoms with Gasteiger partial charge in [-0.25, -0.2) is 4.98 Å². The van der Waals surface area contributed by atoms with E-state index in [0.29, 0.717) is 10.6 Å².